The zero-order valence-corrected chi connectivity index (χ0v) is 10.8. The molecule has 96 valence electrons. The number of aliphatic hydroxyl groups excluding tert-OH is 1. The summed E-state index contributed by atoms with van der Waals surface area (Å²) in [5.41, 5.74) is 0. The van der Waals surface area contributed by atoms with Crippen LogP contribution in [0.3, 0.4) is 0 Å². The minimum absolute atomic E-state index is 0.104. The number of likely N-dealkylation sites (tertiary alicyclic amines) is 1. The maximum absolute atomic E-state index is 9.48. The Morgan fingerprint density at radius 2 is 2.25 bits per heavy atom. The first-order valence-corrected chi connectivity index (χ1v) is 6.78. The van der Waals surface area contributed by atoms with Gasteiger partial charge in [-0.3, -0.25) is 0 Å². The molecule has 1 N–H and O–H groups in total. The molecule has 0 aromatic rings. The molecule has 0 aromatic carbocycles. The zero-order chi connectivity index (χ0) is 11.8. The van der Waals surface area contributed by atoms with Crippen LogP contribution in [0.15, 0.2) is 0 Å². The largest absolute Gasteiger partial charge is 0.393 e. The Kier molecular flexibility index (Phi) is 7.01. The smallest absolute Gasteiger partial charge is 0.0702 e. The Balaban J connectivity index is 2.11. The summed E-state index contributed by atoms with van der Waals surface area (Å²) in [6.45, 7) is 8.32. The van der Waals surface area contributed by atoms with Gasteiger partial charge >= 0.3 is 0 Å². The van der Waals surface area contributed by atoms with Gasteiger partial charge in [0, 0.05) is 13.2 Å². The molecule has 1 aliphatic heterocycles. The van der Waals surface area contributed by atoms with E-state index in [1.807, 2.05) is 6.92 Å². The summed E-state index contributed by atoms with van der Waals surface area (Å²) in [6.07, 6.45) is 5.72. The van der Waals surface area contributed by atoms with E-state index < -0.39 is 0 Å². The molecule has 0 amide bonds. The van der Waals surface area contributed by atoms with Crippen molar-refractivity contribution in [1.29, 1.82) is 0 Å². The first kappa shape index (κ1) is 13.9. The second-order valence-electron chi connectivity index (χ2n) is 4.72. The first-order valence-electron chi connectivity index (χ1n) is 6.78. The van der Waals surface area contributed by atoms with E-state index in [-0.39, 0.29) is 6.10 Å². The van der Waals surface area contributed by atoms with Gasteiger partial charge < -0.3 is 14.7 Å². The van der Waals surface area contributed by atoms with Crippen LogP contribution in [0.5, 0.6) is 0 Å². The Bertz CT molecular complexity index is 173. The van der Waals surface area contributed by atoms with E-state index in [2.05, 4.69) is 11.8 Å². The van der Waals surface area contributed by atoms with Crippen LogP contribution in [-0.2, 0) is 4.74 Å². The van der Waals surface area contributed by atoms with Crippen LogP contribution in [0.2, 0.25) is 0 Å². The molecule has 3 heteroatoms. The van der Waals surface area contributed by atoms with Crippen molar-refractivity contribution in [3.63, 3.8) is 0 Å². The second-order valence-corrected chi connectivity index (χ2v) is 4.72. The third-order valence-corrected chi connectivity index (χ3v) is 3.35. The van der Waals surface area contributed by atoms with Gasteiger partial charge in [-0.05, 0) is 52.1 Å². The summed E-state index contributed by atoms with van der Waals surface area (Å²) in [6, 6.07) is 0. The van der Waals surface area contributed by atoms with Gasteiger partial charge in [0.05, 0.1) is 12.2 Å². The van der Waals surface area contributed by atoms with Gasteiger partial charge in [-0.1, -0.05) is 6.92 Å². The summed E-state index contributed by atoms with van der Waals surface area (Å²) >= 11 is 0. The molecular formula is C13H27NO2. The van der Waals surface area contributed by atoms with Gasteiger partial charge in [0.25, 0.3) is 0 Å². The molecule has 0 radical (unpaired) electrons. The fourth-order valence-corrected chi connectivity index (χ4v) is 2.34. The van der Waals surface area contributed by atoms with Crippen LogP contribution in [-0.4, -0.2) is 48.5 Å². The summed E-state index contributed by atoms with van der Waals surface area (Å²) in [7, 11) is 0. The van der Waals surface area contributed by atoms with Crippen molar-refractivity contribution in [2.75, 3.05) is 26.2 Å². The highest BCUT2D eigenvalue weighted by atomic mass is 16.5. The summed E-state index contributed by atoms with van der Waals surface area (Å²) in [4.78, 5) is 2.48. The molecule has 0 spiro atoms. The lowest BCUT2D eigenvalue weighted by Crippen LogP contribution is -2.40. The Labute approximate surface area is 99.8 Å². The molecule has 1 heterocycles. The van der Waals surface area contributed by atoms with Gasteiger partial charge in [-0.2, -0.15) is 0 Å². The first-order chi connectivity index (χ1) is 7.76. The van der Waals surface area contributed by atoms with Gasteiger partial charge in [0.15, 0.2) is 0 Å². The summed E-state index contributed by atoms with van der Waals surface area (Å²) < 4.78 is 5.67. The van der Waals surface area contributed by atoms with Crippen molar-refractivity contribution in [1.82, 2.24) is 4.90 Å². The number of aliphatic hydroxyl groups is 1. The van der Waals surface area contributed by atoms with Crippen LogP contribution < -0.4 is 0 Å². The Hall–Kier alpha value is -0.120. The minimum atomic E-state index is -0.104. The van der Waals surface area contributed by atoms with Crippen molar-refractivity contribution in [2.45, 2.75) is 58.2 Å². The summed E-state index contributed by atoms with van der Waals surface area (Å²) in [5, 5.41) is 9.48. The lowest BCUT2D eigenvalue weighted by molar-refractivity contribution is 0.00474. The number of rotatable bonds is 7. The van der Waals surface area contributed by atoms with Gasteiger partial charge in [-0.15, -0.1) is 0 Å². The highest BCUT2D eigenvalue weighted by Gasteiger charge is 2.19. The molecule has 1 fully saturated rings. The van der Waals surface area contributed by atoms with Crippen LogP contribution in [0, 0.1) is 0 Å². The molecule has 3 nitrogen and oxygen atoms in total. The highest BCUT2D eigenvalue weighted by Crippen LogP contribution is 2.14. The van der Waals surface area contributed by atoms with Crippen molar-refractivity contribution in [3.05, 3.63) is 0 Å². The lowest BCUT2D eigenvalue weighted by atomic mass is 10.1. The van der Waals surface area contributed by atoms with E-state index in [9.17, 15) is 5.11 Å². The molecule has 16 heavy (non-hydrogen) atoms. The SMILES string of the molecule is CCOC1CCCN(CCCC(O)CC)C1. The molecule has 0 saturated carbocycles. The fourth-order valence-electron chi connectivity index (χ4n) is 2.34. The predicted molar refractivity (Wildman–Crippen MR) is 66.6 cm³/mol. The Morgan fingerprint density at radius 3 is 2.94 bits per heavy atom. The number of hydrogen-bond acceptors (Lipinski definition) is 3. The minimum Gasteiger partial charge on any atom is -0.393 e. The molecule has 1 rings (SSSR count). The van der Waals surface area contributed by atoms with E-state index in [0.717, 1.165) is 39.0 Å². The molecule has 1 saturated heterocycles. The van der Waals surface area contributed by atoms with E-state index in [4.69, 9.17) is 4.74 Å². The van der Waals surface area contributed by atoms with E-state index in [1.54, 1.807) is 0 Å². The van der Waals surface area contributed by atoms with Gasteiger partial charge in [0.1, 0.15) is 0 Å². The number of hydrogen-bond donors (Lipinski definition) is 1. The average Bonchev–Trinajstić information content (AvgIpc) is 2.30. The van der Waals surface area contributed by atoms with Gasteiger partial charge in [0.2, 0.25) is 0 Å². The molecule has 0 aromatic heterocycles. The number of ether oxygens (including phenoxy) is 1. The number of piperidine rings is 1. The Morgan fingerprint density at radius 1 is 1.44 bits per heavy atom. The van der Waals surface area contributed by atoms with Crippen LogP contribution >= 0.6 is 0 Å². The summed E-state index contributed by atoms with van der Waals surface area (Å²) in [5.74, 6) is 0. The van der Waals surface area contributed by atoms with Crippen LogP contribution in [0.25, 0.3) is 0 Å². The molecule has 2 atom stereocenters. The standard InChI is InChI=1S/C13H27NO2/c1-3-12(15)7-5-9-14-10-6-8-13(11-14)16-4-2/h12-13,15H,3-11H2,1-2H3. The van der Waals surface area contributed by atoms with Crippen LogP contribution in [0.4, 0.5) is 0 Å². The van der Waals surface area contributed by atoms with Crippen molar-refractivity contribution in [2.24, 2.45) is 0 Å². The monoisotopic (exact) mass is 229 g/mol. The van der Waals surface area contributed by atoms with E-state index in [1.165, 1.54) is 19.4 Å². The molecule has 0 aliphatic carbocycles. The maximum Gasteiger partial charge on any atom is 0.0702 e. The van der Waals surface area contributed by atoms with E-state index in [0.29, 0.717) is 6.10 Å². The molecule has 2 unspecified atom stereocenters. The fraction of sp³-hybridized carbons (Fsp3) is 1.00. The third-order valence-electron chi connectivity index (χ3n) is 3.35. The zero-order valence-electron chi connectivity index (χ0n) is 10.8. The van der Waals surface area contributed by atoms with E-state index >= 15 is 0 Å². The predicted octanol–water partition coefficient (Wildman–Crippen LogP) is 2.04. The molecular weight excluding hydrogens is 202 g/mol. The second kappa shape index (κ2) is 8.04. The van der Waals surface area contributed by atoms with Crippen molar-refractivity contribution < 1.29 is 9.84 Å². The third kappa shape index (κ3) is 5.28. The highest BCUT2D eigenvalue weighted by molar-refractivity contribution is 4.73. The lowest BCUT2D eigenvalue weighted by Gasteiger charge is -2.32. The normalized spacial score (nSPS) is 24.6. The average molecular weight is 229 g/mol. The maximum atomic E-state index is 9.48. The molecule has 0 bridgehead atoms. The topological polar surface area (TPSA) is 32.7 Å². The van der Waals surface area contributed by atoms with Crippen molar-refractivity contribution in [3.8, 4) is 0 Å². The molecule has 1 aliphatic rings. The quantitative estimate of drug-likeness (QED) is 0.725. The van der Waals surface area contributed by atoms with Crippen molar-refractivity contribution >= 4 is 0 Å². The van der Waals surface area contributed by atoms with Gasteiger partial charge in [-0.25, -0.2) is 0 Å². The number of nitrogens with zero attached hydrogens (tertiary/aromatic N) is 1. The van der Waals surface area contributed by atoms with Crippen LogP contribution in [0.1, 0.15) is 46.0 Å².